The van der Waals surface area contributed by atoms with Crippen LogP contribution >= 0.6 is 15.9 Å². The van der Waals surface area contributed by atoms with Crippen molar-refractivity contribution in [1.82, 2.24) is 5.32 Å². The highest BCUT2D eigenvalue weighted by Crippen LogP contribution is 2.16. The van der Waals surface area contributed by atoms with Gasteiger partial charge in [-0.05, 0) is 24.6 Å². The molecule has 0 spiro atoms. The summed E-state index contributed by atoms with van der Waals surface area (Å²) in [5.41, 5.74) is 1.02. The van der Waals surface area contributed by atoms with Crippen molar-refractivity contribution in [3.63, 3.8) is 0 Å². The van der Waals surface area contributed by atoms with Gasteiger partial charge in [0.15, 0.2) is 0 Å². The van der Waals surface area contributed by atoms with E-state index < -0.39 is 0 Å². The van der Waals surface area contributed by atoms with Crippen LogP contribution < -0.4 is 5.32 Å². The van der Waals surface area contributed by atoms with E-state index in [9.17, 15) is 4.79 Å². The third-order valence-electron chi connectivity index (χ3n) is 1.99. The number of nitrogens with zero attached hydrogens (tertiary/aromatic N) is 1. The highest BCUT2D eigenvalue weighted by Gasteiger charge is 2.08. The molecule has 0 unspecified atom stereocenters. The maximum atomic E-state index is 11.2. The molecule has 1 N–H and O–H groups in total. The lowest BCUT2D eigenvalue weighted by Gasteiger charge is -2.13. The lowest BCUT2D eigenvalue weighted by molar-refractivity contribution is -0.120. The minimum atomic E-state index is -0.243. The van der Waals surface area contributed by atoms with E-state index in [0.717, 1.165) is 10.0 Å². The zero-order chi connectivity index (χ0) is 11.3. The molecule has 0 fully saturated rings. The number of rotatable bonds is 3. The predicted molar refractivity (Wildman–Crippen MR) is 60.9 cm³/mol. The number of amides is 1. The molecule has 0 saturated heterocycles. The summed E-state index contributed by atoms with van der Waals surface area (Å²) in [6, 6.07) is 9.45. The van der Waals surface area contributed by atoms with Gasteiger partial charge >= 0.3 is 0 Å². The monoisotopic (exact) mass is 266 g/mol. The van der Waals surface area contributed by atoms with Gasteiger partial charge in [0, 0.05) is 4.47 Å². The molecule has 0 heterocycles. The molecule has 0 aliphatic rings. The molecule has 3 nitrogen and oxygen atoms in total. The second kappa shape index (κ2) is 5.52. The number of nitrogens with one attached hydrogen (secondary N) is 1. The molecule has 1 aromatic carbocycles. The fourth-order valence-electron chi connectivity index (χ4n) is 1.20. The molecular formula is C11H11BrN2O. The lowest BCUT2D eigenvalue weighted by Crippen LogP contribution is -2.25. The van der Waals surface area contributed by atoms with E-state index in [1.54, 1.807) is 0 Å². The second-order valence-corrected chi connectivity index (χ2v) is 4.09. The number of benzene rings is 1. The van der Waals surface area contributed by atoms with Gasteiger partial charge in [0.2, 0.25) is 5.91 Å². The Hall–Kier alpha value is -1.34. The molecule has 0 aliphatic heterocycles. The van der Waals surface area contributed by atoms with Crippen molar-refractivity contribution in [1.29, 1.82) is 5.26 Å². The van der Waals surface area contributed by atoms with E-state index in [1.807, 2.05) is 37.3 Å². The van der Waals surface area contributed by atoms with Gasteiger partial charge in [0.05, 0.1) is 12.1 Å². The van der Waals surface area contributed by atoms with Crippen molar-refractivity contribution in [3.05, 3.63) is 34.3 Å². The maximum Gasteiger partial charge on any atom is 0.234 e. The third kappa shape index (κ3) is 3.72. The molecule has 4 heteroatoms. The van der Waals surface area contributed by atoms with Gasteiger partial charge in [-0.2, -0.15) is 5.26 Å². The summed E-state index contributed by atoms with van der Waals surface area (Å²) in [5, 5.41) is 11.1. The van der Waals surface area contributed by atoms with Crippen LogP contribution in [0.2, 0.25) is 0 Å². The average Bonchev–Trinajstić information content (AvgIpc) is 2.18. The number of hydrogen-bond acceptors (Lipinski definition) is 2. The Morgan fingerprint density at radius 2 is 2.13 bits per heavy atom. The molecular weight excluding hydrogens is 256 g/mol. The number of halogens is 1. The first-order chi connectivity index (χ1) is 7.13. The van der Waals surface area contributed by atoms with Crippen molar-refractivity contribution in [2.75, 3.05) is 0 Å². The van der Waals surface area contributed by atoms with E-state index >= 15 is 0 Å². The first-order valence-corrected chi connectivity index (χ1v) is 5.34. The Morgan fingerprint density at radius 3 is 2.67 bits per heavy atom. The largest absolute Gasteiger partial charge is 0.349 e. The van der Waals surface area contributed by atoms with E-state index in [1.165, 1.54) is 0 Å². The summed E-state index contributed by atoms with van der Waals surface area (Å²) in [6.07, 6.45) is -0.0964. The highest BCUT2D eigenvalue weighted by molar-refractivity contribution is 9.10. The Balaban J connectivity index is 2.61. The normalized spacial score (nSPS) is 11.5. The molecule has 1 atom stereocenters. The van der Waals surface area contributed by atoms with Crippen molar-refractivity contribution < 1.29 is 4.79 Å². The minimum Gasteiger partial charge on any atom is -0.349 e. The van der Waals surface area contributed by atoms with E-state index in [2.05, 4.69) is 21.2 Å². The smallest absolute Gasteiger partial charge is 0.234 e. The molecule has 1 rings (SSSR count). The number of nitriles is 1. The number of carbonyl (C=O) groups excluding carboxylic acids is 1. The molecule has 0 aliphatic carbocycles. The lowest BCUT2D eigenvalue weighted by atomic mass is 10.1. The summed E-state index contributed by atoms with van der Waals surface area (Å²) in [4.78, 5) is 11.2. The summed E-state index contributed by atoms with van der Waals surface area (Å²) in [6.45, 7) is 1.89. The van der Waals surface area contributed by atoms with Crippen LogP contribution in [-0.2, 0) is 4.79 Å². The van der Waals surface area contributed by atoms with Crippen molar-refractivity contribution in [3.8, 4) is 6.07 Å². The molecule has 1 amide bonds. The van der Waals surface area contributed by atoms with Crippen LogP contribution in [0.4, 0.5) is 0 Å². The van der Waals surface area contributed by atoms with Gasteiger partial charge in [0.1, 0.15) is 6.42 Å². The molecule has 0 radical (unpaired) electrons. The van der Waals surface area contributed by atoms with Crippen LogP contribution in [0.25, 0.3) is 0 Å². The van der Waals surface area contributed by atoms with Crippen LogP contribution in [-0.4, -0.2) is 5.91 Å². The zero-order valence-corrected chi connectivity index (χ0v) is 9.91. The molecule has 0 bridgehead atoms. The fraction of sp³-hybridized carbons (Fsp3) is 0.273. The molecule has 1 aromatic rings. The quantitative estimate of drug-likeness (QED) is 0.914. The van der Waals surface area contributed by atoms with E-state index in [-0.39, 0.29) is 18.4 Å². The Bertz CT molecular complexity index is 381. The van der Waals surface area contributed by atoms with Crippen molar-refractivity contribution >= 4 is 21.8 Å². The molecule has 0 saturated carbocycles. The van der Waals surface area contributed by atoms with Gasteiger partial charge in [0.25, 0.3) is 0 Å². The van der Waals surface area contributed by atoms with Gasteiger partial charge in [-0.3, -0.25) is 4.79 Å². The maximum absolute atomic E-state index is 11.2. The first-order valence-electron chi connectivity index (χ1n) is 4.55. The van der Waals surface area contributed by atoms with Crippen LogP contribution in [0.5, 0.6) is 0 Å². The number of carbonyl (C=O) groups is 1. The van der Waals surface area contributed by atoms with Gasteiger partial charge in [-0.1, -0.05) is 28.1 Å². The fourth-order valence-corrected chi connectivity index (χ4v) is 1.46. The van der Waals surface area contributed by atoms with E-state index in [4.69, 9.17) is 5.26 Å². The van der Waals surface area contributed by atoms with Gasteiger partial charge in [-0.15, -0.1) is 0 Å². The van der Waals surface area contributed by atoms with Crippen LogP contribution in [0.1, 0.15) is 24.9 Å². The third-order valence-corrected chi connectivity index (χ3v) is 2.52. The van der Waals surface area contributed by atoms with Crippen LogP contribution in [0.15, 0.2) is 28.7 Å². The zero-order valence-electron chi connectivity index (χ0n) is 8.33. The van der Waals surface area contributed by atoms with Crippen molar-refractivity contribution in [2.24, 2.45) is 0 Å². The van der Waals surface area contributed by atoms with E-state index in [0.29, 0.717) is 0 Å². The first kappa shape index (κ1) is 11.7. The highest BCUT2D eigenvalue weighted by atomic mass is 79.9. The Kier molecular flexibility index (Phi) is 4.32. The van der Waals surface area contributed by atoms with Crippen LogP contribution in [0.3, 0.4) is 0 Å². The summed E-state index contributed by atoms with van der Waals surface area (Å²) >= 11 is 3.34. The molecule has 15 heavy (non-hydrogen) atoms. The Labute approximate surface area is 97.2 Å². The number of hydrogen-bond donors (Lipinski definition) is 1. The van der Waals surface area contributed by atoms with Crippen molar-refractivity contribution in [2.45, 2.75) is 19.4 Å². The Morgan fingerprint density at radius 1 is 1.53 bits per heavy atom. The topological polar surface area (TPSA) is 52.9 Å². The van der Waals surface area contributed by atoms with Crippen LogP contribution in [0, 0.1) is 11.3 Å². The van der Waals surface area contributed by atoms with Gasteiger partial charge in [-0.25, -0.2) is 0 Å². The summed E-state index contributed by atoms with van der Waals surface area (Å²) in [7, 11) is 0. The molecule has 78 valence electrons. The van der Waals surface area contributed by atoms with Gasteiger partial charge < -0.3 is 5.32 Å². The predicted octanol–water partition coefficient (Wildman–Crippen LogP) is 2.54. The summed E-state index contributed by atoms with van der Waals surface area (Å²) in [5.74, 6) is -0.243. The average molecular weight is 267 g/mol. The molecule has 0 aromatic heterocycles. The SMILES string of the molecule is C[C@H](NC(=O)CC#N)c1ccc(Br)cc1. The standard InChI is InChI=1S/C11H11BrN2O/c1-8(14-11(15)6-7-13)9-2-4-10(12)5-3-9/h2-5,8H,6H2,1H3,(H,14,15)/t8-/m0/s1. The second-order valence-electron chi connectivity index (χ2n) is 3.18. The minimum absolute atomic E-state index is 0.0704. The summed E-state index contributed by atoms with van der Waals surface area (Å²) < 4.78 is 1.00.